The molecule has 0 spiro atoms. The molecule has 0 saturated carbocycles. The highest BCUT2D eigenvalue weighted by atomic mass is 19.2. The molecular weight excluding hydrogens is 274 g/mol. The monoisotopic (exact) mass is 288 g/mol. The van der Waals surface area contributed by atoms with Crippen LogP contribution in [0.3, 0.4) is 0 Å². The number of fused-ring (bicyclic) bond motifs is 1. The van der Waals surface area contributed by atoms with E-state index in [2.05, 4.69) is 0 Å². The molecule has 0 fully saturated rings. The summed E-state index contributed by atoms with van der Waals surface area (Å²) in [6.45, 7) is -0.191. The lowest BCUT2D eigenvalue weighted by Gasteiger charge is -2.08. The summed E-state index contributed by atoms with van der Waals surface area (Å²) in [5, 5.41) is 0. The lowest BCUT2D eigenvalue weighted by Crippen LogP contribution is -2.12. The standard InChI is InChI=1S/C17H14F2O2/c18-15-7-5-13(9-16(15)19)17(20)10-21-14-6-4-11-2-1-3-12(11)8-14/h4-9H,1-3,10H2. The van der Waals surface area contributed by atoms with Gasteiger partial charge in [0.25, 0.3) is 0 Å². The molecule has 3 rings (SSSR count). The van der Waals surface area contributed by atoms with Crippen molar-refractivity contribution in [3.63, 3.8) is 0 Å². The average Bonchev–Trinajstić information content (AvgIpc) is 2.95. The van der Waals surface area contributed by atoms with Gasteiger partial charge in [-0.1, -0.05) is 6.07 Å². The van der Waals surface area contributed by atoms with E-state index in [1.165, 1.54) is 17.2 Å². The molecule has 108 valence electrons. The molecule has 2 aromatic carbocycles. The van der Waals surface area contributed by atoms with Gasteiger partial charge in [-0.05, 0) is 60.7 Å². The van der Waals surface area contributed by atoms with Gasteiger partial charge in [0.2, 0.25) is 0 Å². The first-order valence-electron chi connectivity index (χ1n) is 6.86. The van der Waals surface area contributed by atoms with Crippen LogP contribution in [0.1, 0.15) is 27.9 Å². The average molecular weight is 288 g/mol. The molecule has 21 heavy (non-hydrogen) atoms. The minimum atomic E-state index is -1.03. The Kier molecular flexibility index (Phi) is 3.69. The van der Waals surface area contributed by atoms with Crippen molar-refractivity contribution in [1.29, 1.82) is 0 Å². The van der Waals surface area contributed by atoms with Crippen LogP contribution in [0.25, 0.3) is 0 Å². The zero-order valence-electron chi connectivity index (χ0n) is 11.4. The number of halogens is 2. The second-order valence-corrected chi connectivity index (χ2v) is 5.12. The van der Waals surface area contributed by atoms with Gasteiger partial charge in [0.15, 0.2) is 24.0 Å². The summed E-state index contributed by atoms with van der Waals surface area (Å²) >= 11 is 0. The Labute approximate surface area is 121 Å². The van der Waals surface area contributed by atoms with Crippen LogP contribution in [0.2, 0.25) is 0 Å². The largest absolute Gasteiger partial charge is 0.485 e. The van der Waals surface area contributed by atoms with Gasteiger partial charge >= 0.3 is 0 Å². The molecule has 0 saturated heterocycles. The second kappa shape index (κ2) is 5.64. The van der Waals surface area contributed by atoms with Gasteiger partial charge in [-0.3, -0.25) is 4.79 Å². The molecule has 0 aliphatic heterocycles. The summed E-state index contributed by atoms with van der Waals surface area (Å²) in [6.07, 6.45) is 3.26. The number of ketones is 1. The summed E-state index contributed by atoms with van der Waals surface area (Å²) in [5.41, 5.74) is 2.69. The molecule has 0 radical (unpaired) electrons. The van der Waals surface area contributed by atoms with Crippen LogP contribution >= 0.6 is 0 Å². The second-order valence-electron chi connectivity index (χ2n) is 5.12. The predicted molar refractivity (Wildman–Crippen MR) is 74.7 cm³/mol. The number of hydrogen-bond donors (Lipinski definition) is 0. The Hall–Kier alpha value is -2.23. The lowest BCUT2D eigenvalue weighted by molar-refractivity contribution is 0.0921. The summed E-state index contributed by atoms with van der Waals surface area (Å²) < 4.78 is 31.4. The van der Waals surface area contributed by atoms with Gasteiger partial charge in [-0.25, -0.2) is 8.78 Å². The molecule has 0 heterocycles. The summed E-state index contributed by atoms with van der Waals surface area (Å²) in [5.74, 6) is -1.74. The Morgan fingerprint density at radius 1 is 1.00 bits per heavy atom. The number of carbonyl (C=O) groups is 1. The fourth-order valence-corrected chi connectivity index (χ4v) is 2.54. The fourth-order valence-electron chi connectivity index (χ4n) is 2.54. The highest BCUT2D eigenvalue weighted by Crippen LogP contribution is 2.26. The molecular formula is C17H14F2O2. The van der Waals surface area contributed by atoms with Crippen molar-refractivity contribution in [3.8, 4) is 5.75 Å². The maximum Gasteiger partial charge on any atom is 0.200 e. The SMILES string of the molecule is O=C(COc1ccc2c(c1)CCC2)c1ccc(F)c(F)c1. The molecule has 1 aliphatic rings. The van der Waals surface area contributed by atoms with Crippen LogP contribution in [0, 0.1) is 11.6 Å². The lowest BCUT2D eigenvalue weighted by atomic mass is 10.1. The van der Waals surface area contributed by atoms with Gasteiger partial charge in [-0.2, -0.15) is 0 Å². The van der Waals surface area contributed by atoms with Crippen LogP contribution in [0.5, 0.6) is 5.75 Å². The van der Waals surface area contributed by atoms with Gasteiger partial charge in [0, 0.05) is 5.56 Å². The predicted octanol–water partition coefficient (Wildman–Crippen LogP) is 3.72. The van der Waals surface area contributed by atoms with E-state index in [1.807, 2.05) is 18.2 Å². The summed E-state index contributed by atoms with van der Waals surface area (Å²) in [7, 11) is 0. The van der Waals surface area contributed by atoms with E-state index in [1.54, 1.807) is 0 Å². The molecule has 0 unspecified atom stereocenters. The zero-order chi connectivity index (χ0) is 14.8. The maximum absolute atomic E-state index is 13.1. The smallest absolute Gasteiger partial charge is 0.200 e. The maximum atomic E-state index is 13.1. The van der Waals surface area contributed by atoms with Crippen molar-refractivity contribution in [1.82, 2.24) is 0 Å². The third kappa shape index (κ3) is 2.94. The zero-order valence-corrected chi connectivity index (χ0v) is 11.4. The number of benzene rings is 2. The van der Waals surface area contributed by atoms with E-state index in [4.69, 9.17) is 4.74 Å². The Bertz CT molecular complexity index is 695. The Morgan fingerprint density at radius 3 is 2.62 bits per heavy atom. The molecule has 2 aromatic rings. The Balaban J connectivity index is 1.67. The van der Waals surface area contributed by atoms with Crippen LogP contribution in [-0.2, 0) is 12.8 Å². The molecule has 0 atom stereocenters. The van der Waals surface area contributed by atoms with Crippen LogP contribution in [0.4, 0.5) is 8.78 Å². The number of rotatable bonds is 4. The van der Waals surface area contributed by atoms with Crippen LogP contribution in [0.15, 0.2) is 36.4 Å². The van der Waals surface area contributed by atoms with E-state index in [0.717, 1.165) is 31.4 Å². The van der Waals surface area contributed by atoms with Gasteiger partial charge in [0.1, 0.15) is 5.75 Å². The van der Waals surface area contributed by atoms with Crippen LogP contribution in [-0.4, -0.2) is 12.4 Å². The highest BCUT2D eigenvalue weighted by Gasteiger charge is 2.13. The number of Topliss-reactive ketones (excluding diaryl/α,β-unsaturated/α-hetero) is 1. The van der Waals surface area contributed by atoms with Crippen molar-refractivity contribution in [3.05, 3.63) is 64.7 Å². The number of aryl methyl sites for hydroxylation is 2. The number of hydrogen-bond acceptors (Lipinski definition) is 2. The third-order valence-corrected chi connectivity index (χ3v) is 3.68. The van der Waals surface area contributed by atoms with Crippen molar-refractivity contribution >= 4 is 5.78 Å². The van der Waals surface area contributed by atoms with E-state index in [9.17, 15) is 13.6 Å². The molecule has 2 nitrogen and oxygen atoms in total. The molecule has 0 amide bonds. The summed E-state index contributed by atoms with van der Waals surface area (Å²) in [4.78, 5) is 11.9. The van der Waals surface area contributed by atoms with Gasteiger partial charge in [0.05, 0.1) is 0 Å². The first-order valence-corrected chi connectivity index (χ1v) is 6.86. The third-order valence-electron chi connectivity index (χ3n) is 3.68. The number of ether oxygens (including phenoxy) is 1. The fraction of sp³-hybridized carbons (Fsp3) is 0.235. The molecule has 0 aromatic heterocycles. The minimum Gasteiger partial charge on any atom is -0.485 e. The van der Waals surface area contributed by atoms with Crippen molar-refractivity contribution in [2.24, 2.45) is 0 Å². The van der Waals surface area contributed by atoms with Crippen molar-refractivity contribution in [2.45, 2.75) is 19.3 Å². The van der Waals surface area contributed by atoms with Crippen LogP contribution < -0.4 is 4.74 Å². The Morgan fingerprint density at radius 2 is 1.81 bits per heavy atom. The highest BCUT2D eigenvalue weighted by molar-refractivity contribution is 5.97. The molecule has 1 aliphatic carbocycles. The first-order chi connectivity index (χ1) is 10.1. The van der Waals surface area contributed by atoms with E-state index < -0.39 is 11.6 Å². The first kappa shape index (κ1) is 13.7. The molecule has 0 bridgehead atoms. The minimum absolute atomic E-state index is 0.107. The van der Waals surface area contributed by atoms with Gasteiger partial charge in [-0.15, -0.1) is 0 Å². The van der Waals surface area contributed by atoms with E-state index >= 15 is 0 Å². The quantitative estimate of drug-likeness (QED) is 0.802. The molecule has 4 heteroatoms. The topological polar surface area (TPSA) is 26.3 Å². The summed E-state index contributed by atoms with van der Waals surface area (Å²) in [6, 6.07) is 8.89. The van der Waals surface area contributed by atoms with E-state index in [-0.39, 0.29) is 18.0 Å². The molecule has 0 N–H and O–H groups in total. The van der Waals surface area contributed by atoms with Crippen molar-refractivity contribution in [2.75, 3.05) is 6.61 Å². The number of carbonyl (C=O) groups excluding carboxylic acids is 1. The van der Waals surface area contributed by atoms with Crippen molar-refractivity contribution < 1.29 is 18.3 Å². The van der Waals surface area contributed by atoms with E-state index in [0.29, 0.717) is 5.75 Å². The van der Waals surface area contributed by atoms with Gasteiger partial charge < -0.3 is 4.74 Å². The normalized spacial score (nSPS) is 13.0.